The minimum Gasteiger partial charge on any atom is -0.477 e. The Balaban J connectivity index is 2.33. The highest BCUT2D eigenvalue weighted by Gasteiger charge is 2.08. The predicted molar refractivity (Wildman–Crippen MR) is 64.3 cm³/mol. The fraction of sp³-hybridized carbons (Fsp3) is 0.222. The molecule has 0 spiro atoms. The number of urea groups is 1. The summed E-state index contributed by atoms with van der Waals surface area (Å²) in [6.07, 6.45) is 0.145. The van der Waals surface area contributed by atoms with E-state index in [1.807, 2.05) is 5.32 Å². The van der Waals surface area contributed by atoms with Crippen LogP contribution >= 0.6 is 23.1 Å². The third kappa shape index (κ3) is 4.87. The van der Waals surface area contributed by atoms with Crippen LogP contribution in [-0.2, 0) is 4.79 Å². The summed E-state index contributed by atoms with van der Waals surface area (Å²) in [7, 11) is 0. The smallest absolute Gasteiger partial charge is 0.345 e. The van der Waals surface area contributed by atoms with Gasteiger partial charge in [0.05, 0.1) is 0 Å². The van der Waals surface area contributed by atoms with E-state index in [4.69, 9.17) is 10.8 Å². The van der Waals surface area contributed by atoms with Crippen molar-refractivity contribution < 1.29 is 19.5 Å². The number of aromatic carboxylic acids is 1. The van der Waals surface area contributed by atoms with Gasteiger partial charge in [0.1, 0.15) is 4.88 Å². The van der Waals surface area contributed by atoms with Gasteiger partial charge in [-0.05, 0) is 6.07 Å². The number of carbonyl (C=O) groups is 3. The van der Waals surface area contributed by atoms with Crippen molar-refractivity contribution in [3.8, 4) is 0 Å². The van der Waals surface area contributed by atoms with E-state index in [2.05, 4.69) is 0 Å². The lowest BCUT2D eigenvalue weighted by molar-refractivity contribution is -0.119. The number of carboxylic acid groups (broad SMARTS) is 1. The summed E-state index contributed by atoms with van der Waals surface area (Å²) in [5.41, 5.74) is 4.77. The van der Waals surface area contributed by atoms with Gasteiger partial charge >= 0.3 is 12.0 Å². The standard InChI is InChI=1S/C9H10N2O4S2/c10-9(15)11-7(12)1-2-16-5-3-6(8(13)14)17-4-5/h3-4H,1-2H2,(H,13,14)(H3,10,11,12,15). The largest absolute Gasteiger partial charge is 0.477 e. The maximum Gasteiger partial charge on any atom is 0.345 e. The Bertz CT molecular complexity index is 444. The lowest BCUT2D eigenvalue weighted by Gasteiger charge is -1.99. The molecular weight excluding hydrogens is 264 g/mol. The quantitative estimate of drug-likeness (QED) is 0.697. The summed E-state index contributed by atoms with van der Waals surface area (Å²) >= 11 is 2.48. The lowest BCUT2D eigenvalue weighted by Crippen LogP contribution is -2.35. The van der Waals surface area contributed by atoms with E-state index in [1.165, 1.54) is 11.8 Å². The molecular formula is C9H10N2O4S2. The van der Waals surface area contributed by atoms with Crippen LogP contribution in [0.1, 0.15) is 16.1 Å². The Labute approximate surface area is 105 Å². The highest BCUT2D eigenvalue weighted by molar-refractivity contribution is 7.99. The topological polar surface area (TPSA) is 109 Å². The molecule has 1 heterocycles. The summed E-state index contributed by atoms with van der Waals surface area (Å²) in [4.78, 5) is 33.0. The molecule has 0 aliphatic rings. The number of nitrogens with two attached hydrogens (primary N) is 1. The first-order valence-electron chi connectivity index (χ1n) is 4.53. The van der Waals surface area contributed by atoms with Gasteiger partial charge in [0.15, 0.2) is 0 Å². The number of amides is 3. The Morgan fingerprint density at radius 1 is 1.47 bits per heavy atom. The zero-order valence-corrected chi connectivity index (χ0v) is 10.3. The van der Waals surface area contributed by atoms with Gasteiger partial charge in [-0.1, -0.05) is 0 Å². The molecule has 0 saturated carbocycles. The van der Waals surface area contributed by atoms with Crippen molar-refractivity contribution in [3.05, 3.63) is 16.3 Å². The van der Waals surface area contributed by atoms with Crippen molar-refractivity contribution in [2.75, 3.05) is 5.75 Å². The molecule has 1 aromatic heterocycles. The third-order valence-corrected chi connectivity index (χ3v) is 3.69. The van der Waals surface area contributed by atoms with E-state index in [0.29, 0.717) is 5.75 Å². The molecule has 0 aromatic carbocycles. The average Bonchev–Trinajstić information content (AvgIpc) is 2.65. The molecule has 0 bridgehead atoms. The van der Waals surface area contributed by atoms with Crippen LogP contribution in [-0.4, -0.2) is 28.8 Å². The molecule has 0 atom stereocenters. The third-order valence-electron chi connectivity index (χ3n) is 1.65. The fourth-order valence-corrected chi connectivity index (χ4v) is 2.79. The Morgan fingerprint density at radius 2 is 2.18 bits per heavy atom. The maximum atomic E-state index is 11.0. The van der Waals surface area contributed by atoms with Crippen molar-refractivity contribution in [1.29, 1.82) is 0 Å². The molecule has 1 aromatic rings. The van der Waals surface area contributed by atoms with Crippen LogP contribution in [0.4, 0.5) is 4.79 Å². The van der Waals surface area contributed by atoms with Crippen LogP contribution in [0.3, 0.4) is 0 Å². The Hall–Kier alpha value is -1.54. The monoisotopic (exact) mass is 274 g/mol. The molecule has 0 radical (unpaired) electrons. The van der Waals surface area contributed by atoms with E-state index in [-0.39, 0.29) is 11.3 Å². The van der Waals surface area contributed by atoms with Gasteiger partial charge in [-0.2, -0.15) is 0 Å². The molecule has 8 heteroatoms. The lowest BCUT2D eigenvalue weighted by atomic mass is 10.4. The van der Waals surface area contributed by atoms with Gasteiger partial charge in [0, 0.05) is 22.4 Å². The zero-order valence-electron chi connectivity index (χ0n) is 8.63. The molecule has 6 nitrogen and oxygen atoms in total. The summed E-state index contributed by atoms with van der Waals surface area (Å²) in [6.45, 7) is 0. The summed E-state index contributed by atoms with van der Waals surface area (Å²) < 4.78 is 0. The number of carbonyl (C=O) groups excluding carboxylic acids is 2. The summed E-state index contributed by atoms with van der Waals surface area (Å²) in [5, 5.41) is 12.4. The molecule has 92 valence electrons. The van der Waals surface area contributed by atoms with E-state index in [9.17, 15) is 14.4 Å². The van der Waals surface area contributed by atoms with Crippen molar-refractivity contribution in [1.82, 2.24) is 5.32 Å². The number of hydrogen-bond acceptors (Lipinski definition) is 5. The predicted octanol–water partition coefficient (Wildman–Crippen LogP) is 1.12. The van der Waals surface area contributed by atoms with E-state index >= 15 is 0 Å². The van der Waals surface area contributed by atoms with E-state index < -0.39 is 17.9 Å². The second kappa shape index (κ2) is 6.26. The van der Waals surface area contributed by atoms with Crippen LogP contribution in [0.5, 0.6) is 0 Å². The van der Waals surface area contributed by atoms with E-state index in [0.717, 1.165) is 16.2 Å². The van der Waals surface area contributed by atoms with Crippen LogP contribution in [0.25, 0.3) is 0 Å². The molecule has 0 unspecified atom stereocenters. The van der Waals surface area contributed by atoms with Crippen LogP contribution in [0, 0.1) is 0 Å². The van der Waals surface area contributed by atoms with Crippen LogP contribution in [0.2, 0.25) is 0 Å². The van der Waals surface area contributed by atoms with Gasteiger partial charge in [-0.25, -0.2) is 9.59 Å². The summed E-state index contributed by atoms with van der Waals surface area (Å²) in [5.74, 6) is -0.957. The van der Waals surface area contributed by atoms with Gasteiger partial charge in [-0.3, -0.25) is 10.1 Å². The minimum absolute atomic E-state index is 0.145. The molecule has 0 saturated heterocycles. The normalized spacial score (nSPS) is 9.88. The first-order valence-corrected chi connectivity index (χ1v) is 6.39. The van der Waals surface area contributed by atoms with Crippen molar-refractivity contribution >= 4 is 41.0 Å². The van der Waals surface area contributed by atoms with E-state index in [1.54, 1.807) is 11.4 Å². The van der Waals surface area contributed by atoms with Gasteiger partial charge in [0.2, 0.25) is 5.91 Å². The second-order valence-electron chi connectivity index (χ2n) is 2.96. The molecule has 1 rings (SSSR count). The minimum atomic E-state index is -0.965. The number of hydrogen-bond donors (Lipinski definition) is 3. The number of nitrogens with one attached hydrogen (secondary N) is 1. The highest BCUT2D eigenvalue weighted by atomic mass is 32.2. The number of thioether (sulfide) groups is 1. The van der Waals surface area contributed by atoms with Gasteiger partial charge in [0.25, 0.3) is 0 Å². The molecule has 4 N–H and O–H groups in total. The molecule has 0 aliphatic carbocycles. The van der Waals surface area contributed by atoms with Crippen molar-refractivity contribution in [2.24, 2.45) is 5.73 Å². The van der Waals surface area contributed by atoms with Crippen LogP contribution < -0.4 is 11.1 Å². The van der Waals surface area contributed by atoms with Crippen LogP contribution in [0.15, 0.2) is 16.3 Å². The molecule has 3 amide bonds. The zero-order chi connectivity index (χ0) is 12.8. The van der Waals surface area contributed by atoms with Gasteiger partial charge in [-0.15, -0.1) is 23.1 Å². The number of thiophene rings is 1. The highest BCUT2D eigenvalue weighted by Crippen LogP contribution is 2.25. The van der Waals surface area contributed by atoms with Crippen molar-refractivity contribution in [2.45, 2.75) is 11.3 Å². The fourth-order valence-electron chi connectivity index (χ4n) is 0.968. The molecule has 0 aliphatic heterocycles. The van der Waals surface area contributed by atoms with Gasteiger partial charge < -0.3 is 10.8 Å². The second-order valence-corrected chi connectivity index (χ2v) is 5.04. The number of rotatable bonds is 5. The first-order chi connectivity index (χ1) is 7.99. The average molecular weight is 274 g/mol. The number of primary amides is 1. The SMILES string of the molecule is NC(=O)NC(=O)CCSc1csc(C(=O)O)c1. The first kappa shape index (κ1) is 13.5. The maximum absolute atomic E-state index is 11.0. The number of imide groups is 1. The molecule has 17 heavy (non-hydrogen) atoms. The Morgan fingerprint density at radius 3 is 2.71 bits per heavy atom. The number of carboxylic acids is 1. The summed E-state index contributed by atoms with van der Waals surface area (Å²) in [6, 6.07) is 0.674. The molecule has 0 fully saturated rings. The Kier molecular flexibility index (Phi) is 4.98. The van der Waals surface area contributed by atoms with Crippen molar-refractivity contribution in [3.63, 3.8) is 0 Å².